The maximum Gasteiger partial charge on any atom is 0.340 e. The third-order valence-corrected chi connectivity index (χ3v) is 3.55. The number of carboxylic acid groups (broad SMARTS) is 1. The third kappa shape index (κ3) is 2.71. The molecule has 0 saturated heterocycles. The van der Waals surface area contributed by atoms with Gasteiger partial charge in [-0.2, -0.15) is 13.5 Å². The number of hydrogen-bond donors (Lipinski definition) is 3. The number of carboxylic acids is 1. The van der Waals surface area contributed by atoms with Crippen molar-refractivity contribution in [3.05, 3.63) is 41.8 Å². The number of aromatic amines is 1. The molecule has 9 heteroatoms. The summed E-state index contributed by atoms with van der Waals surface area (Å²) in [6, 6.07) is 4.57. The van der Waals surface area contributed by atoms with Gasteiger partial charge in [-0.1, -0.05) is 0 Å². The van der Waals surface area contributed by atoms with E-state index >= 15 is 0 Å². The number of hydrogen-bond acceptors (Lipinski definition) is 4. The summed E-state index contributed by atoms with van der Waals surface area (Å²) in [5.74, 6) is -1.94. The highest BCUT2D eigenvalue weighted by atomic mass is 32.2. The van der Waals surface area contributed by atoms with Crippen molar-refractivity contribution in [2.75, 3.05) is 4.72 Å². The number of H-pyrrole nitrogens is 1. The molecule has 0 unspecified atom stereocenters. The van der Waals surface area contributed by atoms with E-state index < -0.39 is 32.4 Å². The summed E-state index contributed by atoms with van der Waals surface area (Å²) in [6.07, 6.45) is 0.890. The standard InChI is InChI=1S/C10H8FN3O4S/c11-6-1-3-7(4-2-6)14-19(17,18)9-8(10(15)16)5-12-13-9/h1-5,14H,(H,12,13)(H,15,16). The molecule has 0 radical (unpaired) electrons. The molecule has 0 aliphatic rings. The fourth-order valence-corrected chi connectivity index (χ4v) is 2.51. The van der Waals surface area contributed by atoms with Crippen molar-refractivity contribution in [1.82, 2.24) is 10.2 Å². The lowest BCUT2D eigenvalue weighted by Crippen LogP contribution is -2.16. The van der Waals surface area contributed by atoms with E-state index in [1.807, 2.05) is 0 Å². The zero-order valence-electron chi connectivity index (χ0n) is 9.29. The minimum Gasteiger partial charge on any atom is -0.478 e. The van der Waals surface area contributed by atoms with E-state index in [4.69, 9.17) is 5.11 Å². The van der Waals surface area contributed by atoms with E-state index in [1.165, 1.54) is 12.1 Å². The maximum atomic E-state index is 12.7. The quantitative estimate of drug-likeness (QED) is 0.777. The monoisotopic (exact) mass is 285 g/mol. The largest absolute Gasteiger partial charge is 0.478 e. The smallest absolute Gasteiger partial charge is 0.340 e. The number of benzene rings is 1. The Labute approximate surface area is 107 Å². The van der Waals surface area contributed by atoms with Gasteiger partial charge >= 0.3 is 5.97 Å². The summed E-state index contributed by atoms with van der Waals surface area (Å²) in [6.45, 7) is 0. The number of anilines is 1. The summed E-state index contributed by atoms with van der Waals surface area (Å²) < 4.78 is 38.7. The lowest BCUT2D eigenvalue weighted by molar-refractivity contribution is 0.0692. The molecule has 0 spiro atoms. The normalized spacial score (nSPS) is 11.2. The Balaban J connectivity index is 2.35. The van der Waals surface area contributed by atoms with E-state index in [1.54, 1.807) is 0 Å². The van der Waals surface area contributed by atoms with Crippen LogP contribution in [0.5, 0.6) is 0 Å². The molecular weight excluding hydrogens is 277 g/mol. The summed E-state index contributed by atoms with van der Waals surface area (Å²) in [7, 11) is -4.13. The van der Waals surface area contributed by atoms with Crippen LogP contribution < -0.4 is 4.72 Å². The van der Waals surface area contributed by atoms with Gasteiger partial charge in [0.2, 0.25) is 0 Å². The summed E-state index contributed by atoms with van der Waals surface area (Å²) >= 11 is 0. The van der Waals surface area contributed by atoms with Crippen LogP contribution in [0, 0.1) is 5.82 Å². The molecule has 0 fully saturated rings. The van der Waals surface area contributed by atoms with Crippen molar-refractivity contribution < 1.29 is 22.7 Å². The number of carbonyl (C=O) groups is 1. The van der Waals surface area contributed by atoms with Crippen molar-refractivity contribution >= 4 is 21.7 Å². The molecule has 0 saturated carbocycles. The Kier molecular flexibility index (Phi) is 3.21. The van der Waals surface area contributed by atoms with Gasteiger partial charge < -0.3 is 5.11 Å². The molecule has 2 aromatic rings. The number of nitrogens with zero attached hydrogens (tertiary/aromatic N) is 1. The lowest BCUT2D eigenvalue weighted by atomic mass is 10.3. The van der Waals surface area contributed by atoms with Gasteiger partial charge in [-0.15, -0.1) is 0 Å². The Hall–Kier alpha value is -2.42. The van der Waals surface area contributed by atoms with Gasteiger partial charge in [-0.3, -0.25) is 9.82 Å². The van der Waals surface area contributed by atoms with Gasteiger partial charge in [0.05, 0.1) is 6.20 Å². The molecule has 1 aromatic carbocycles. The number of halogens is 1. The summed E-state index contributed by atoms with van der Waals surface area (Å²) in [4.78, 5) is 10.8. The van der Waals surface area contributed by atoms with Crippen LogP contribution in [-0.2, 0) is 10.0 Å². The van der Waals surface area contributed by atoms with Gasteiger partial charge in [0.1, 0.15) is 11.4 Å². The highest BCUT2D eigenvalue weighted by Gasteiger charge is 2.24. The summed E-state index contributed by atoms with van der Waals surface area (Å²) in [5.41, 5.74) is -0.373. The predicted octanol–water partition coefficient (Wildman–Crippen LogP) is 1.05. The minimum absolute atomic E-state index is 0.104. The van der Waals surface area contributed by atoms with Gasteiger partial charge in [0.15, 0.2) is 5.03 Å². The average molecular weight is 285 g/mol. The van der Waals surface area contributed by atoms with Crippen LogP contribution >= 0.6 is 0 Å². The Bertz CT molecular complexity index is 709. The van der Waals surface area contributed by atoms with Crippen LogP contribution in [0.1, 0.15) is 10.4 Å². The molecule has 0 atom stereocenters. The fraction of sp³-hybridized carbons (Fsp3) is 0. The zero-order chi connectivity index (χ0) is 14.0. The van der Waals surface area contributed by atoms with Crippen molar-refractivity contribution in [3.8, 4) is 0 Å². The van der Waals surface area contributed by atoms with Crippen molar-refractivity contribution in [2.45, 2.75) is 5.03 Å². The van der Waals surface area contributed by atoms with Crippen LogP contribution in [-0.4, -0.2) is 29.7 Å². The molecule has 2 rings (SSSR count). The van der Waals surface area contributed by atoms with Crippen molar-refractivity contribution in [1.29, 1.82) is 0 Å². The second kappa shape index (κ2) is 4.69. The first-order valence-corrected chi connectivity index (χ1v) is 6.43. The van der Waals surface area contributed by atoms with E-state index in [2.05, 4.69) is 14.9 Å². The topological polar surface area (TPSA) is 112 Å². The van der Waals surface area contributed by atoms with Crippen molar-refractivity contribution in [2.24, 2.45) is 0 Å². The number of aromatic carboxylic acids is 1. The van der Waals surface area contributed by atoms with E-state index in [9.17, 15) is 17.6 Å². The second-order valence-corrected chi connectivity index (χ2v) is 5.15. The van der Waals surface area contributed by atoms with E-state index in [0.29, 0.717) is 0 Å². The van der Waals surface area contributed by atoms with Crippen LogP contribution in [0.2, 0.25) is 0 Å². The molecule has 0 bridgehead atoms. The molecule has 1 heterocycles. The Morgan fingerprint density at radius 2 is 1.95 bits per heavy atom. The molecular formula is C10H8FN3O4S. The van der Waals surface area contributed by atoms with Crippen LogP contribution in [0.25, 0.3) is 0 Å². The average Bonchev–Trinajstić information content (AvgIpc) is 2.82. The molecule has 19 heavy (non-hydrogen) atoms. The number of rotatable bonds is 4. The third-order valence-electron chi connectivity index (χ3n) is 2.20. The molecule has 100 valence electrons. The first-order valence-electron chi connectivity index (χ1n) is 4.95. The van der Waals surface area contributed by atoms with Crippen LogP contribution in [0.3, 0.4) is 0 Å². The van der Waals surface area contributed by atoms with Crippen molar-refractivity contribution in [3.63, 3.8) is 0 Å². The second-order valence-electron chi connectivity index (χ2n) is 3.53. The fourth-order valence-electron chi connectivity index (χ4n) is 1.36. The molecule has 7 nitrogen and oxygen atoms in total. The zero-order valence-corrected chi connectivity index (χ0v) is 10.1. The Morgan fingerprint density at radius 1 is 1.32 bits per heavy atom. The molecule has 0 aliphatic carbocycles. The first-order chi connectivity index (χ1) is 8.90. The molecule has 0 amide bonds. The molecule has 1 aromatic heterocycles. The Morgan fingerprint density at radius 3 is 2.53 bits per heavy atom. The van der Waals surface area contributed by atoms with E-state index in [0.717, 1.165) is 18.3 Å². The predicted molar refractivity (Wildman–Crippen MR) is 62.8 cm³/mol. The van der Waals surface area contributed by atoms with Gasteiger partial charge in [0.25, 0.3) is 10.0 Å². The summed E-state index contributed by atoms with van der Waals surface area (Å²) in [5, 5.41) is 13.7. The van der Waals surface area contributed by atoms with Gasteiger partial charge in [-0.05, 0) is 24.3 Å². The van der Waals surface area contributed by atoms with Gasteiger partial charge in [-0.25, -0.2) is 9.18 Å². The first kappa shape index (κ1) is 13.0. The number of nitrogens with one attached hydrogen (secondary N) is 2. The number of sulfonamides is 1. The SMILES string of the molecule is O=C(O)c1cn[nH]c1S(=O)(=O)Nc1ccc(F)cc1. The van der Waals surface area contributed by atoms with Crippen LogP contribution in [0.15, 0.2) is 35.5 Å². The number of aromatic nitrogens is 2. The highest BCUT2D eigenvalue weighted by Crippen LogP contribution is 2.17. The van der Waals surface area contributed by atoms with Gasteiger partial charge in [0, 0.05) is 5.69 Å². The van der Waals surface area contributed by atoms with E-state index in [-0.39, 0.29) is 5.69 Å². The molecule has 0 aliphatic heterocycles. The highest BCUT2D eigenvalue weighted by molar-refractivity contribution is 7.92. The minimum atomic E-state index is -4.13. The van der Waals surface area contributed by atoms with Crippen LogP contribution in [0.4, 0.5) is 10.1 Å². The molecule has 3 N–H and O–H groups in total. The lowest BCUT2D eigenvalue weighted by Gasteiger charge is -2.06. The maximum absolute atomic E-state index is 12.7.